The molecule has 4 N–H and O–H groups in total. The van der Waals surface area contributed by atoms with Gasteiger partial charge in [0.25, 0.3) is 5.91 Å². The Balaban J connectivity index is 0.972. The van der Waals surface area contributed by atoms with E-state index in [0.29, 0.717) is 40.7 Å². The maximum absolute atomic E-state index is 12.8. The molecule has 0 unspecified atom stereocenters. The molecule has 2 saturated heterocycles. The van der Waals surface area contributed by atoms with E-state index in [9.17, 15) is 9.59 Å². The van der Waals surface area contributed by atoms with E-state index in [-0.39, 0.29) is 11.8 Å². The number of hydrazine groups is 1. The molecule has 0 radical (unpaired) electrons. The van der Waals surface area contributed by atoms with Gasteiger partial charge in [-0.05, 0) is 76.5 Å². The number of allylic oxidation sites excluding steroid dienone is 2. The highest BCUT2D eigenvalue weighted by atomic mass is 16.5. The summed E-state index contributed by atoms with van der Waals surface area (Å²) in [5, 5.41) is 15.1. The number of anilines is 1. The summed E-state index contributed by atoms with van der Waals surface area (Å²) < 4.78 is 13.0. The molecule has 2 amide bonds. The fraction of sp³-hybridized carbons (Fsp3) is 0.433. The molecular weight excluding hydrogens is 536 g/mol. The van der Waals surface area contributed by atoms with Crippen LogP contribution in [0.25, 0.3) is 0 Å². The van der Waals surface area contributed by atoms with Crippen LogP contribution in [0, 0.1) is 19.3 Å². The van der Waals surface area contributed by atoms with Gasteiger partial charge < -0.3 is 30.3 Å². The maximum atomic E-state index is 12.8. The number of ether oxygens (including phenoxy) is 2. The molecule has 12 nitrogen and oxygen atoms in total. The summed E-state index contributed by atoms with van der Waals surface area (Å²) in [5.41, 5.74) is 6.42. The summed E-state index contributed by atoms with van der Waals surface area (Å²) in [5.74, 6) is 2.15. The van der Waals surface area contributed by atoms with Gasteiger partial charge in [-0.3, -0.25) is 19.7 Å². The molecule has 0 atom stereocenters. The monoisotopic (exact) mass is 574 g/mol. The lowest BCUT2D eigenvalue weighted by molar-refractivity contribution is -0.139. The SMILES string of the molecule is Cc1cc(C(=O)Nc2cc(OC3=CC=C4NC(NC(=O)CCCN5CCC6(CC5)COC6)=CN4N3)ccc2C)n(C)n1. The molecule has 5 heterocycles. The Morgan fingerprint density at radius 1 is 1.12 bits per heavy atom. The number of carbonyl (C=O) groups excluding carboxylic acids is 2. The molecule has 4 aliphatic rings. The summed E-state index contributed by atoms with van der Waals surface area (Å²) in [4.78, 5) is 27.9. The second-order valence-electron chi connectivity index (χ2n) is 11.5. The van der Waals surface area contributed by atoms with Gasteiger partial charge in [0.1, 0.15) is 23.1 Å². The smallest absolute Gasteiger partial charge is 0.273 e. The predicted octanol–water partition coefficient (Wildman–Crippen LogP) is 2.58. The summed E-state index contributed by atoms with van der Waals surface area (Å²) in [6.07, 6.45) is 9.12. The van der Waals surface area contributed by atoms with E-state index in [1.165, 1.54) is 12.8 Å². The van der Waals surface area contributed by atoms with Gasteiger partial charge in [-0.25, -0.2) is 5.01 Å². The van der Waals surface area contributed by atoms with Crippen LogP contribution >= 0.6 is 0 Å². The molecule has 1 aromatic carbocycles. The van der Waals surface area contributed by atoms with Crippen molar-refractivity contribution >= 4 is 17.5 Å². The summed E-state index contributed by atoms with van der Waals surface area (Å²) in [7, 11) is 1.74. The predicted molar refractivity (Wildman–Crippen MR) is 156 cm³/mol. The van der Waals surface area contributed by atoms with E-state index >= 15 is 0 Å². The molecule has 0 aliphatic carbocycles. The summed E-state index contributed by atoms with van der Waals surface area (Å²) >= 11 is 0. The minimum Gasteiger partial charge on any atom is -0.440 e. The molecule has 0 saturated carbocycles. The Morgan fingerprint density at radius 3 is 2.64 bits per heavy atom. The molecule has 12 heteroatoms. The standard InChI is InChI=1S/C30H38N8O4/c1-20-6-7-22(16-23(20)31-29(40)24-15-21(2)34-36(24)3)42-28-9-8-26-32-25(17-38(26)35-28)33-27(39)5-4-12-37-13-10-30(11-14-37)18-41-19-30/h6-9,15-17,32,35H,4-5,10-14,18-19H2,1-3H3,(H,31,40)(H,33,39). The molecular formula is C30H38N8O4. The van der Waals surface area contributed by atoms with Crippen molar-refractivity contribution in [3.05, 3.63) is 77.1 Å². The van der Waals surface area contributed by atoms with Crippen LogP contribution < -0.4 is 26.1 Å². The van der Waals surface area contributed by atoms with E-state index in [2.05, 4.69) is 31.4 Å². The number of likely N-dealkylation sites (tertiary alicyclic amines) is 1. The van der Waals surface area contributed by atoms with Gasteiger partial charge in [0, 0.05) is 36.7 Å². The van der Waals surface area contributed by atoms with Gasteiger partial charge in [0.05, 0.1) is 25.1 Å². The van der Waals surface area contributed by atoms with Crippen molar-refractivity contribution in [3.63, 3.8) is 0 Å². The van der Waals surface area contributed by atoms with Gasteiger partial charge in [-0.1, -0.05) is 6.07 Å². The van der Waals surface area contributed by atoms with Gasteiger partial charge in [0.15, 0.2) is 0 Å². The molecule has 0 bridgehead atoms. The molecule has 42 heavy (non-hydrogen) atoms. The van der Waals surface area contributed by atoms with Crippen molar-refractivity contribution in [1.82, 2.24) is 35.7 Å². The number of hydrogen-bond acceptors (Lipinski definition) is 9. The number of aromatic nitrogens is 2. The number of piperidine rings is 1. The van der Waals surface area contributed by atoms with Crippen LogP contribution in [0.1, 0.15) is 47.4 Å². The lowest BCUT2D eigenvalue weighted by atomic mass is 9.77. The fourth-order valence-electron chi connectivity index (χ4n) is 5.62. The first-order valence-corrected chi connectivity index (χ1v) is 14.4. The first-order chi connectivity index (χ1) is 20.2. The Morgan fingerprint density at radius 2 is 1.93 bits per heavy atom. The number of rotatable bonds is 9. The third-order valence-electron chi connectivity index (χ3n) is 8.21. The number of aryl methyl sites for hydroxylation is 3. The Kier molecular flexibility index (Phi) is 7.65. The second kappa shape index (κ2) is 11.5. The lowest BCUT2D eigenvalue weighted by Crippen LogP contribution is -2.51. The summed E-state index contributed by atoms with van der Waals surface area (Å²) in [6.45, 7) is 8.72. The van der Waals surface area contributed by atoms with E-state index < -0.39 is 0 Å². The molecule has 1 spiro atoms. The quantitative estimate of drug-likeness (QED) is 0.358. The van der Waals surface area contributed by atoms with Gasteiger partial charge in [-0.2, -0.15) is 5.10 Å². The Bertz CT molecular complexity index is 1460. The minimum atomic E-state index is -0.243. The number of nitrogens with one attached hydrogen (secondary N) is 4. The number of fused-ring (bicyclic) bond motifs is 1. The molecule has 1 aromatic heterocycles. The van der Waals surface area contributed by atoms with Crippen LogP contribution in [0.4, 0.5) is 5.69 Å². The molecule has 4 aliphatic heterocycles. The number of hydrogen-bond donors (Lipinski definition) is 4. The number of amides is 2. The van der Waals surface area contributed by atoms with Crippen LogP contribution in [-0.4, -0.2) is 64.4 Å². The topological polar surface area (TPSA) is 125 Å². The Labute approximate surface area is 245 Å². The highest BCUT2D eigenvalue weighted by molar-refractivity contribution is 6.03. The number of nitrogens with zero attached hydrogens (tertiary/aromatic N) is 4. The van der Waals surface area contributed by atoms with Gasteiger partial charge >= 0.3 is 0 Å². The van der Waals surface area contributed by atoms with Crippen LogP contribution in [0.5, 0.6) is 5.75 Å². The van der Waals surface area contributed by atoms with E-state index in [1.807, 2.05) is 32.1 Å². The molecule has 6 rings (SSSR count). The Hall–Kier alpha value is -4.29. The zero-order chi connectivity index (χ0) is 29.3. The van der Waals surface area contributed by atoms with Crippen LogP contribution in [0.3, 0.4) is 0 Å². The zero-order valence-electron chi connectivity index (χ0n) is 24.3. The molecule has 2 aromatic rings. The average Bonchev–Trinajstić information content (AvgIpc) is 3.50. The van der Waals surface area contributed by atoms with E-state index in [4.69, 9.17) is 9.47 Å². The third-order valence-corrected chi connectivity index (χ3v) is 8.21. The van der Waals surface area contributed by atoms with Crippen molar-refractivity contribution in [2.75, 3.05) is 38.2 Å². The van der Waals surface area contributed by atoms with Crippen LogP contribution in [-0.2, 0) is 16.6 Å². The van der Waals surface area contributed by atoms with Crippen molar-refractivity contribution in [2.24, 2.45) is 12.5 Å². The van der Waals surface area contributed by atoms with Crippen molar-refractivity contribution in [3.8, 4) is 5.75 Å². The first kappa shape index (κ1) is 27.9. The minimum absolute atomic E-state index is 0.0185. The highest BCUT2D eigenvalue weighted by Crippen LogP contribution is 2.38. The molecule has 2 fully saturated rings. The largest absolute Gasteiger partial charge is 0.440 e. The second-order valence-corrected chi connectivity index (χ2v) is 11.5. The van der Waals surface area contributed by atoms with Crippen LogP contribution in [0.2, 0.25) is 0 Å². The van der Waals surface area contributed by atoms with Gasteiger partial charge in [-0.15, -0.1) is 0 Å². The normalized spacial score (nSPS) is 19.0. The van der Waals surface area contributed by atoms with Crippen molar-refractivity contribution in [1.29, 1.82) is 0 Å². The lowest BCUT2D eigenvalue weighted by Gasteiger charge is -2.47. The fourth-order valence-corrected chi connectivity index (χ4v) is 5.62. The first-order valence-electron chi connectivity index (χ1n) is 14.4. The third kappa shape index (κ3) is 6.14. The van der Waals surface area contributed by atoms with Crippen molar-refractivity contribution in [2.45, 2.75) is 39.5 Å². The van der Waals surface area contributed by atoms with Gasteiger partial charge in [0.2, 0.25) is 11.8 Å². The van der Waals surface area contributed by atoms with E-state index in [1.54, 1.807) is 41.1 Å². The number of carbonyl (C=O) groups is 2. The maximum Gasteiger partial charge on any atom is 0.273 e. The highest BCUT2D eigenvalue weighted by Gasteiger charge is 2.40. The van der Waals surface area contributed by atoms with E-state index in [0.717, 1.165) is 56.3 Å². The number of benzene rings is 1. The zero-order valence-corrected chi connectivity index (χ0v) is 24.3. The van der Waals surface area contributed by atoms with Crippen LogP contribution in [0.15, 0.2) is 60.1 Å². The molecule has 222 valence electrons. The average molecular weight is 575 g/mol. The summed E-state index contributed by atoms with van der Waals surface area (Å²) in [6, 6.07) is 7.26. The van der Waals surface area contributed by atoms with Crippen molar-refractivity contribution < 1.29 is 19.1 Å².